The maximum absolute atomic E-state index is 14.3. The fourth-order valence-electron chi connectivity index (χ4n) is 6.19. The van der Waals surface area contributed by atoms with Gasteiger partial charge in [0.2, 0.25) is 5.91 Å². The van der Waals surface area contributed by atoms with Crippen molar-refractivity contribution in [3.05, 3.63) is 40.9 Å². The van der Waals surface area contributed by atoms with Crippen LogP contribution in [0.2, 0.25) is 5.02 Å². The van der Waals surface area contributed by atoms with Gasteiger partial charge in [0.15, 0.2) is 5.75 Å². The van der Waals surface area contributed by atoms with Crippen LogP contribution in [-0.2, 0) is 11.0 Å². The van der Waals surface area contributed by atoms with Gasteiger partial charge in [-0.25, -0.2) is 9.37 Å². The molecular weight excluding hydrogens is 606 g/mol. The molecule has 0 bridgehead atoms. The summed E-state index contributed by atoms with van der Waals surface area (Å²) >= 11 is 6.85. The topological polar surface area (TPSA) is 110 Å². The summed E-state index contributed by atoms with van der Waals surface area (Å²) in [5, 5.41) is 0.271. The Balaban J connectivity index is 1.52. The first-order valence-corrected chi connectivity index (χ1v) is 14.4. The molecule has 44 heavy (non-hydrogen) atoms. The van der Waals surface area contributed by atoms with Crippen LogP contribution < -0.4 is 20.1 Å². The lowest BCUT2D eigenvalue weighted by molar-refractivity contribution is -0.137. The highest BCUT2D eigenvalue weighted by Gasteiger charge is 2.40. The molecule has 15 heteroatoms. The minimum atomic E-state index is -4.76. The van der Waals surface area contributed by atoms with Crippen molar-refractivity contribution in [2.45, 2.75) is 37.8 Å². The van der Waals surface area contributed by atoms with Crippen molar-refractivity contribution < 1.29 is 31.8 Å². The molecule has 2 N–H and O–H groups in total. The molecular formula is C29H30ClF4N7O3. The number of nitrogen functional groups attached to an aromatic ring is 1. The number of aromatic nitrogens is 3. The Bertz CT molecular complexity index is 1660. The lowest BCUT2D eigenvalue weighted by Gasteiger charge is -2.40. The number of piperazine rings is 1. The third-order valence-corrected chi connectivity index (χ3v) is 8.69. The monoisotopic (exact) mass is 635 g/mol. The van der Waals surface area contributed by atoms with Crippen molar-refractivity contribution in [2.75, 3.05) is 57.1 Å². The number of hydrogen-bond acceptors (Lipinski definition) is 9. The fourth-order valence-corrected chi connectivity index (χ4v) is 6.49. The summed E-state index contributed by atoms with van der Waals surface area (Å²) < 4.78 is 69.1. The van der Waals surface area contributed by atoms with Gasteiger partial charge in [0.1, 0.15) is 31.0 Å². The van der Waals surface area contributed by atoms with Crippen LogP contribution in [-0.4, -0.2) is 95.4 Å². The Morgan fingerprint density at radius 2 is 2.02 bits per heavy atom. The number of nitrogens with zero attached hydrogens (tertiary/aromatic N) is 6. The van der Waals surface area contributed by atoms with Crippen LogP contribution >= 0.6 is 11.6 Å². The number of ether oxygens (including phenoxy) is 2. The molecule has 2 saturated heterocycles. The van der Waals surface area contributed by atoms with E-state index in [2.05, 4.69) is 16.5 Å². The zero-order chi connectivity index (χ0) is 31.5. The minimum Gasteiger partial charge on any atom is -0.489 e. The van der Waals surface area contributed by atoms with Crippen molar-refractivity contribution >= 4 is 40.0 Å². The molecule has 0 radical (unpaired) electrons. The summed E-state index contributed by atoms with van der Waals surface area (Å²) in [6, 6.07) is 1.92. The SMILES string of the molecule is C=CC(=O)N1CCN2c3nc(OC[C@@H]4C[C@@H](F)CN4C)nc4cc(-c5nc(N)cc(C)c5C(F)(F)F)c(Cl)c(c34)OC[C@@H]2C1. The number of hydrogen-bond donors (Lipinski definition) is 1. The Hall–Kier alpha value is -3.91. The Labute approximate surface area is 255 Å². The van der Waals surface area contributed by atoms with E-state index in [1.165, 1.54) is 19.1 Å². The Morgan fingerprint density at radius 3 is 2.70 bits per heavy atom. The van der Waals surface area contributed by atoms with Crippen LogP contribution in [0, 0.1) is 6.92 Å². The van der Waals surface area contributed by atoms with Gasteiger partial charge in [-0.2, -0.15) is 23.1 Å². The molecule has 2 aromatic heterocycles. The first-order chi connectivity index (χ1) is 20.8. The zero-order valence-electron chi connectivity index (χ0n) is 24.0. The van der Waals surface area contributed by atoms with E-state index >= 15 is 0 Å². The molecule has 6 rings (SSSR count). The third kappa shape index (κ3) is 5.34. The summed E-state index contributed by atoms with van der Waals surface area (Å²) in [6.45, 7) is 6.33. The number of nitrogens with two attached hydrogens (primary N) is 1. The van der Waals surface area contributed by atoms with Crippen LogP contribution in [0.15, 0.2) is 24.8 Å². The highest BCUT2D eigenvalue weighted by molar-refractivity contribution is 6.36. The van der Waals surface area contributed by atoms with E-state index in [1.54, 1.807) is 11.9 Å². The van der Waals surface area contributed by atoms with Gasteiger partial charge in [0, 0.05) is 37.8 Å². The first kappa shape index (κ1) is 30.1. The fraction of sp³-hybridized carbons (Fsp3) is 0.448. The number of rotatable bonds is 5. The Morgan fingerprint density at radius 1 is 1.25 bits per heavy atom. The van der Waals surface area contributed by atoms with Gasteiger partial charge in [0.05, 0.1) is 33.2 Å². The predicted molar refractivity (Wildman–Crippen MR) is 157 cm³/mol. The van der Waals surface area contributed by atoms with Crippen LogP contribution in [0.3, 0.4) is 0 Å². The van der Waals surface area contributed by atoms with Crippen molar-refractivity contribution in [2.24, 2.45) is 0 Å². The number of carbonyl (C=O) groups is 1. The predicted octanol–water partition coefficient (Wildman–Crippen LogP) is 4.27. The largest absolute Gasteiger partial charge is 0.489 e. The number of fused-ring (bicyclic) bond motifs is 2. The van der Waals surface area contributed by atoms with Gasteiger partial charge in [-0.3, -0.25) is 9.69 Å². The number of likely N-dealkylation sites (N-methyl/N-ethyl adjacent to an activating group) is 1. The summed E-state index contributed by atoms with van der Waals surface area (Å²) in [4.78, 5) is 31.2. The molecule has 1 aromatic carbocycles. The quantitative estimate of drug-likeness (QED) is 0.325. The molecule has 234 valence electrons. The average Bonchev–Trinajstić information content (AvgIpc) is 3.19. The highest BCUT2D eigenvalue weighted by atomic mass is 35.5. The van der Waals surface area contributed by atoms with E-state index in [1.807, 2.05) is 9.80 Å². The zero-order valence-corrected chi connectivity index (χ0v) is 24.8. The number of pyridine rings is 1. The lowest BCUT2D eigenvalue weighted by atomic mass is 9.99. The van der Waals surface area contributed by atoms with Crippen LogP contribution in [0.5, 0.6) is 11.8 Å². The smallest absolute Gasteiger partial charge is 0.418 e. The summed E-state index contributed by atoms with van der Waals surface area (Å²) in [7, 11) is 1.80. The standard InChI is InChI=1S/C29H30ClF4N7O3/c1-4-21(42)40-5-6-41-17(11-40)13-43-26-22-19(36-28(38-27(22)41)44-12-16-8-15(31)10-39(16)3)9-18(24(26)30)25-23(29(32,33)34)14(2)7-20(35)37-25/h4,7,9,15-17H,1,5-6,8,10-13H2,2-3H3,(H2,35,37)/t15-,16+,17+/m1/s1. The van der Waals surface area contributed by atoms with E-state index < -0.39 is 23.6 Å². The van der Waals surface area contributed by atoms with E-state index in [-0.39, 0.29) is 90.0 Å². The second-order valence-electron chi connectivity index (χ2n) is 11.3. The molecule has 2 fully saturated rings. The van der Waals surface area contributed by atoms with E-state index in [9.17, 15) is 22.4 Å². The second-order valence-corrected chi connectivity index (χ2v) is 11.6. The van der Waals surface area contributed by atoms with E-state index in [4.69, 9.17) is 31.8 Å². The summed E-state index contributed by atoms with van der Waals surface area (Å²) in [5.74, 6) is 0.134. The average molecular weight is 636 g/mol. The van der Waals surface area contributed by atoms with Crippen molar-refractivity contribution in [1.29, 1.82) is 0 Å². The van der Waals surface area contributed by atoms with Crippen LogP contribution in [0.1, 0.15) is 17.5 Å². The third-order valence-electron chi connectivity index (χ3n) is 8.32. The van der Waals surface area contributed by atoms with Crippen molar-refractivity contribution in [3.63, 3.8) is 0 Å². The van der Waals surface area contributed by atoms with Gasteiger partial charge in [0.25, 0.3) is 0 Å². The molecule has 0 spiro atoms. The first-order valence-electron chi connectivity index (χ1n) is 14.0. The minimum absolute atomic E-state index is 0.0413. The molecule has 3 atom stereocenters. The summed E-state index contributed by atoms with van der Waals surface area (Å²) in [6.07, 6.45) is -4.22. The normalized spacial score (nSPS) is 22.0. The maximum atomic E-state index is 14.3. The molecule has 5 heterocycles. The molecule has 10 nitrogen and oxygen atoms in total. The van der Waals surface area contributed by atoms with Crippen molar-refractivity contribution in [1.82, 2.24) is 24.8 Å². The molecule has 0 aliphatic carbocycles. The molecule has 3 aromatic rings. The van der Waals surface area contributed by atoms with Crippen molar-refractivity contribution in [3.8, 4) is 23.0 Å². The number of amides is 1. The van der Waals surface area contributed by atoms with Crippen LogP contribution in [0.25, 0.3) is 22.2 Å². The van der Waals surface area contributed by atoms with Gasteiger partial charge >= 0.3 is 12.2 Å². The molecule has 1 amide bonds. The number of benzene rings is 1. The number of anilines is 2. The highest BCUT2D eigenvalue weighted by Crippen LogP contribution is 2.49. The molecule has 0 unspecified atom stereocenters. The number of likely N-dealkylation sites (tertiary alicyclic amines) is 1. The molecule has 0 saturated carbocycles. The number of aryl methyl sites for hydroxylation is 1. The molecule has 3 aliphatic rings. The van der Waals surface area contributed by atoms with Gasteiger partial charge in [-0.05, 0) is 44.2 Å². The van der Waals surface area contributed by atoms with Gasteiger partial charge in [-0.15, -0.1) is 0 Å². The number of alkyl halides is 4. The van der Waals surface area contributed by atoms with Crippen LogP contribution in [0.4, 0.5) is 29.2 Å². The maximum Gasteiger partial charge on any atom is 0.418 e. The van der Waals surface area contributed by atoms with Gasteiger partial charge in [-0.1, -0.05) is 18.2 Å². The lowest BCUT2D eigenvalue weighted by Crippen LogP contribution is -2.56. The number of carbonyl (C=O) groups excluding carboxylic acids is 1. The van der Waals surface area contributed by atoms with Gasteiger partial charge < -0.3 is 25.0 Å². The van der Waals surface area contributed by atoms with E-state index in [0.29, 0.717) is 24.3 Å². The molecule has 3 aliphatic heterocycles. The van der Waals surface area contributed by atoms with E-state index in [0.717, 1.165) is 6.07 Å². The summed E-state index contributed by atoms with van der Waals surface area (Å²) in [5.41, 5.74) is 4.47. The second kappa shape index (κ2) is 11.2. The number of halogens is 5. The Kier molecular flexibility index (Phi) is 7.68.